The number of rotatable bonds is 1. The van der Waals surface area contributed by atoms with E-state index in [9.17, 15) is 9.59 Å². The van der Waals surface area contributed by atoms with Gasteiger partial charge in [-0.2, -0.15) is 0 Å². The highest BCUT2D eigenvalue weighted by atomic mass is 16.5. The summed E-state index contributed by atoms with van der Waals surface area (Å²) in [5, 5.41) is 0. The van der Waals surface area contributed by atoms with Crippen molar-refractivity contribution in [2.24, 2.45) is 0 Å². The van der Waals surface area contributed by atoms with Crippen LogP contribution >= 0.6 is 0 Å². The third-order valence-corrected chi connectivity index (χ3v) is 3.99. The van der Waals surface area contributed by atoms with Crippen molar-refractivity contribution in [3.8, 4) is 0 Å². The molecular weight excluding hydrogens is 244 g/mol. The predicted octanol–water partition coefficient (Wildman–Crippen LogP) is 1.03. The smallest absolute Gasteiger partial charge is 0.332 e. The van der Waals surface area contributed by atoms with Gasteiger partial charge in [0, 0.05) is 25.2 Å². The summed E-state index contributed by atoms with van der Waals surface area (Å²) < 4.78 is 4.65. The first-order chi connectivity index (χ1) is 9.22. The van der Waals surface area contributed by atoms with E-state index in [1.54, 1.807) is 0 Å². The van der Waals surface area contributed by atoms with Gasteiger partial charge in [0.05, 0.1) is 18.9 Å². The first kappa shape index (κ1) is 12.3. The Balaban J connectivity index is 2.01. The number of ketones is 1. The summed E-state index contributed by atoms with van der Waals surface area (Å²) in [6.45, 7) is 2.83. The van der Waals surface area contributed by atoms with Crippen LogP contribution in [0.2, 0.25) is 0 Å². The lowest BCUT2D eigenvalue weighted by molar-refractivity contribution is -0.135. The number of allylic oxidation sites excluding steroid dienone is 1. The average Bonchev–Trinajstić information content (AvgIpc) is 2.60. The number of methoxy groups -OCH3 is 1. The summed E-state index contributed by atoms with van der Waals surface area (Å²) >= 11 is 0. The quantitative estimate of drug-likeness (QED) is 0.522. The molecule has 3 aliphatic rings. The van der Waals surface area contributed by atoms with Gasteiger partial charge in [0.25, 0.3) is 0 Å². The molecule has 0 radical (unpaired) electrons. The summed E-state index contributed by atoms with van der Waals surface area (Å²) in [6.07, 6.45) is 5.34. The molecule has 5 heteroatoms. The topological polar surface area (TPSA) is 49.9 Å². The number of nitrogens with zero attached hydrogens (tertiary/aromatic N) is 2. The molecule has 0 aliphatic carbocycles. The minimum Gasteiger partial charge on any atom is -0.466 e. The fourth-order valence-corrected chi connectivity index (χ4v) is 3.13. The average molecular weight is 262 g/mol. The number of Topliss-reactive ketones (excluding diaryl/α,β-unsaturated/α-hetero) is 1. The minimum absolute atomic E-state index is 0.00852. The van der Waals surface area contributed by atoms with E-state index in [1.807, 2.05) is 4.90 Å². The Morgan fingerprint density at radius 2 is 2.00 bits per heavy atom. The van der Waals surface area contributed by atoms with Gasteiger partial charge in [-0.1, -0.05) is 0 Å². The van der Waals surface area contributed by atoms with Crippen LogP contribution in [0.4, 0.5) is 0 Å². The third kappa shape index (κ3) is 1.93. The van der Waals surface area contributed by atoms with Crippen LogP contribution < -0.4 is 0 Å². The zero-order valence-electron chi connectivity index (χ0n) is 11.1. The first-order valence-corrected chi connectivity index (χ1v) is 6.82. The third-order valence-electron chi connectivity index (χ3n) is 3.99. The van der Waals surface area contributed by atoms with Crippen molar-refractivity contribution in [1.29, 1.82) is 0 Å². The fourth-order valence-electron chi connectivity index (χ4n) is 3.13. The number of carbonyl (C=O) groups is 2. The fraction of sp³-hybridized carbons (Fsp3) is 0.571. The van der Waals surface area contributed by atoms with E-state index < -0.39 is 5.97 Å². The van der Waals surface area contributed by atoms with Gasteiger partial charge in [-0.05, 0) is 25.7 Å². The SMILES string of the molecule is COC(=O)C=C1C(=O)C2=C3N(CCCC2)CCCN13. The molecule has 0 aromatic carbocycles. The molecule has 3 heterocycles. The second kappa shape index (κ2) is 4.72. The van der Waals surface area contributed by atoms with Crippen LogP contribution in [0.1, 0.15) is 25.7 Å². The largest absolute Gasteiger partial charge is 0.466 e. The summed E-state index contributed by atoms with van der Waals surface area (Å²) in [5.74, 6) is 0.594. The maximum atomic E-state index is 12.5. The molecule has 0 saturated carbocycles. The predicted molar refractivity (Wildman–Crippen MR) is 68.9 cm³/mol. The Kier molecular flexibility index (Phi) is 3.05. The van der Waals surface area contributed by atoms with Crippen LogP contribution in [0.5, 0.6) is 0 Å². The molecule has 3 aliphatic heterocycles. The van der Waals surface area contributed by atoms with Crippen LogP contribution in [0.25, 0.3) is 0 Å². The highest BCUT2D eigenvalue weighted by Crippen LogP contribution is 2.38. The molecule has 5 nitrogen and oxygen atoms in total. The van der Waals surface area contributed by atoms with E-state index in [2.05, 4.69) is 9.64 Å². The van der Waals surface area contributed by atoms with Crippen molar-refractivity contribution in [3.05, 3.63) is 23.2 Å². The lowest BCUT2D eigenvalue weighted by atomic mass is 10.1. The van der Waals surface area contributed by atoms with Crippen LogP contribution in [-0.2, 0) is 14.3 Å². The van der Waals surface area contributed by atoms with Gasteiger partial charge >= 0.3 is 5.97 Å². The molecule has 0 unspecified atom stereocenters. The van der Waals surface area contributed by atoms with E-state index in [4.69, 9.17) is 0 Å². The number of hydrogen-bond acceptors (Lipinski definition) is 5. The Morgan fingerprint density at radius 1 is 1.21 bits per heavy atom. The lowest BCUT2D eigenvalue weighted by Gasteiger charge is -2.37. The van der Waals surface area contributed by atoms with Gasteiger partial charge in [0.15, 0.2) is 0 Å². The summed E-state index contributed by atoms with van der Waals surface area (Å²) in [7, 11) is 1.33. The highest BCUT2D eigenvalue weighted by Gasteiger charge is 2.40. The Morgan fingerprint density at radius 3 is 2.79 bits per heavy atom. The molecule has 0 amide bonds. The molecule has 3 rings (SSSR count). The number of esters is 1. The molecule has 0 aromatic heterocycles. The van der Waals surface area contributed by atoms with Gasteiger partial charge in [-0.3, -0.25) is 4.79 Å². The van der Waals surface area contributed by atoms with E-state index in [-0.39, 0.29) is 5.78 Å². The Hall–Kier alpha value is -1.78. The molecule has 0 aromatic rings. The molecule has 0 spiro atoms. The van der Waals surface area contributed by atoms with Crippen LogP contribution in [-0.4, -0.2) is 48.3 Å². The first-order valence-electron chi connectivity index (χ1n) is 6.82. The van der Waals surface area contributed by atoms with Crippen LogP contribution in [0.15, 0.2) is 23.2 Å². The van der Waals surface area contributed by atoms with Crippen molar-refractivity contribution in [3.63, 3.8) is 0 Å². The Bertz CT molecular complexity index is 493. The molecule has 1 fully saturated rings. The Labute approximate surface area is 112 Å². The standard InChI is InChI=1S/C14H18N2O3/c1-19-12(17)9-11-13(18)10-5-2-3-6-15-7-4-8-16(11)14(10)15/h9H,2-8H2,1H3. The van der Waals surface area contributed by atoms with E-state index in [0.29, 0.717) is 5.70 Å². The lowest BCUT2D eigenvalue weighted by Crippen LogP contribution is -2.40. The van der Waals surface area contributed by atoms with Crippen LogP contribution in [0.3, 0.4) is 0 Å². The van der Waals surface area contributed by atoms with Gasteiger partial charge < -0.3 is 14.5 Å². The van der Waals surface area contributed by atoms with E-state index >= 15 is 0 Å². The van der Waals surface area contributed by atoms with Crippen molar-refractivity contribution >= 4 is 11.8 Å². The van der Waals surface area contributed by atoms with E-state index in [0.717, 1.165) is 56.7 Å². The number of hydrogen-bond donors (Lipinski definition) is 0. The van der Waals surface area contributed by atoms with Gasteiger partial charge in [0.1, 0.15) is 5.82 Å². The maximum absolute atomic E-state index is 12.5. The summed E-state index contributed by atoms with van der Waals surface area (Å²) in [6, 6.07) is 0. The number of carbonyl (C=O) groups excluding carboxylic acids is 2. The normalized spacial score (nSPS) is 24.7. The van der Waals surface area contributed by atoms with Crippen molar-refractivity contribution < 1.29 is 14.3 Å². The zero-order valence-corrected chi connectivity index (χ0v) is 11.1. The molecule has 0 bridgehead atoms. The van der Waals surface area contributed by atoms with Crippen molar-refractivity contribution in [1.82, 2.24) is 9.80 Å². The van der Waals surface area contributed by atoms with E-state index in [1.165, 1.54) is 13.2 Å². The molecule has 0 atom stereocenters. The van der Waals surface area contributed by atoms with Crippen molar-refractivity contribution in [2.45, 2.75) is 25.7 Å². The number of ether oxygens (including phenoxy) is 1. The second-order valence-corrected chi connectivity index (χ2v) is 5.13. The monoisotopic (exact) mass is 262 g/mol. The minimum atomic E-state index is -0.460. The summed E-state index contributed by atoms with van der Waals surface area (Å²) in [4.78, 5) is 28.2. The van der Waals surface area contributed by atoms with Crippen LogP contribution in [0, 0.1) is 0 Å². The molecule has 1 saturated heterocycles. The summed E-state index contributed by atoms with van der Waals surface area (Å²) in [5.41, 5.74) is 1.37. The molecular formula is C14H18N2O3. The van der Waals surface area contributed by atoms with Gasteiger partial charge in [-0.15, -0.1) is 0 Å². The van der Waals surface area contributed by atoms with Gasteiger partial charge in [0.2, 0.25) is 5.78 Å². The van der Waals surface area contributed by atoms with Crippen molar-refractivity contribution in [2.75, 3.05) is 26.7 Å². The second-order valence-electron chi connectivity index (χ2n) is 5.13. The zero-order chi connectivity index (χ0) is 13.4. The molecule has 102 valence electrons. The highest BCUT2D eigenvalue weighted by molar-refractivity contribution is 6.13. The maximum Gasteiger partial charge on any atom is 0.332 e. The molecule has 0 N–H and O–H groups in total. The van der Waals surface area contributed by atoms with Gasteiger partial charge in [-0.25, -0.2) is 4.79 Å². The molecule has 19 heavy (non-hydrogen) atoms.